The summed E-state index contributed by atoms with van der Waals surface area (Å²) in [4.78, 5) is 54.9. The molecule has 2 aliphatic rings. The minimum atomic E-state index is -0.866. The predicted octanol–water partition coefficient (Wildman–Crippen LogP) is 4.99. The molecule has 0 spiro atoms. The summed E-state index contributed by atoms with van der Waals surface area (Å²) in [6.07, 6.45) is 10.9. The molecule has 0 unspecified atom stereocenters. The van der Waals surface area contributed by atoms with Crippen molar-refractivity contribution < 1.29 is 29.4 Å². The molecule has 2 N–H and O–H groups in total. The van der Waals surface area contributed by atoms with Crippen LogP contribution in [0, 0.1) is 24.7 Å². The summed E-state index contributed by atoms with van der Waals surface area (Å²) in [5.74, 6) is 1.90. The van der Waals surface area contributed by atoms with E-state index in [9.17, 15) is 29.4 Å². The Hall–Kier alpha value is -6.12. The molecule has 0 bridgehead atoms. The fourth-order valence-corrected chi connectivity index (χ4v) is 5.45. The highest BCUT2D eigenvalue weighted by atomic mass is 16.3. The molecule has 0 aromatic heterocycles. The number of carbonyl (C=O) groups excluding carboxylic acids is 4. The fourth-order valence-electron chi connectivity index (χ4n) is 5.45. The first-order chi connectivity index (χ1) is 20.5. The molecule has 0 atom stereocenters. The molecule has 4 amide bonds. The van der Waals surface area contributed by atoms with E-state index in [1.165, 1.54) is 48.5 Å². The topological polar surface area (TPSA) is 115 Å². The molecule has 0 saturated carbocycles. The zero-order chi connectivity index (χ0) is 30.8. The maximum atomic E-state index is 13.3. The van der Waals surface area contributed by atoms with Gasteiger partial charge in [-0.15, -0.1) is 12.8 Å². The molecule has 0 radical (unpaired) electrons. The number of carbonyl (C=O) groups is 4. The van der Waals surface area contributed by atoms with Crippen LogP contribution in [0.3, 0.4) is 0 Å². The molecule has 0 aliphatic carbocycles. The highest BCUT2D eigenvalue weighted by Gasteiger charge is 2.40. The van der Waals surface area contributed by atoms with Crippen molar-refractivity contribution in [1.82, 2.24) is 0 Å². The summed E-state index contributed by atoms with van der Waals surface area (Å²) in [5, 5.41) is 21.5. The quantitative estimate of drug-likeness (QED) is 0.266. The maximum Gasteiger partial charge on any atom is 0.266 e. The van der Waals surface area contributed by atoms with Crippen LogP contribution in [0.4, 0.5) is 11.4 Å². The first kappa shape index (κ1) is 27.1. The van der Waals surface area contributed by atoms with Crippen molar-refractivity contribution in [3.05, 3.63) is 117 Å². The van der Waals surface area contributed by atoms with E-state index in [-0.39, 0.29) is 45.1 Å². The van der Waals surface area contributed by atoms with Crippen molar-refractivity contribution >= 4 is 35.0 Å². The number of hydrogen-bond acceptors (Lipinski definition) is 6. The van der Waals surface area contributed by atoms with Crippen molar-refractivity contribution in [1.29, 1.82) is 0 Å². The van der Waals surface area contributed by atoms with Gasteiger partial charge in [0, 0.05) is 16.5 Å². The van der Waals surface area contributed by atoms with E-state index in [0.29, 0.717) is 22.3 Å². The van der Waals surface area contributed by atoms with E-state index in [2.05, 4.69) is 11.8 Å². The van der Waals surface area contributed by atoms with Crippen molar-refractivity contribution in [3.63, 3.8) is 0 Å². The Balaban J connectivity index is 1.39. The van der Waals surface area contributed by atoms with Gasteiger partial charge >= 0.3 is 0 Å². The third kappa shape index (κ3) is 3.97. The second-order valence-electron chi connectivity index (χ2n) is 10.7. The van der Waals surface area contributed by atoms with E-state index < -0.39 is 29.0 Å². The number of benzene rings is 4. The van der Waals surface area contributed by atoms with Gasteiger partial charge in [0.15, 0.2) is 0 Å². The second kappa shape index (κ2) is 9.47. The van der Waals surface area contributed by atoms with Gasteiger partial charge in [-0.1, -0.05) is 37.8 Å². The van der Waals surface area contributed by atoms with Gasteiger partial charge in [0.05, 0.1) is 33.6 Å². The smallest absolute Gasteiger partial charge is 0.266 e. The second-order valence-corrected chi connectivity index (χ2v) is 10.7. The zero-order valence-corrected chi connectivity index (χ0v) is 23.0. The Morgan fingerprint density at radius 2 is 0.930 bits per heavy atom. The van der Waals surface area contributed by atoms with Gasteiger partial charge < -0.3 is 10.2 Å². The number of phenolic OH excluding ortho intramolecular Hbond substituents is 2. The standard InChI is InChI=1S/C35H22N2O6/c1-5-19-7-11-23-25(15-19)33(42)36(31(23)40)27-17-21(9-13-29(27)38)35(3,4)22-10-14-30(39)28(18-22)37-32(41)24-12-8-20(6-2)16-26(24)34(37)43/h1-2,7-18,38-39H,3-4H3. The summed E-state index contributed by atoms with van der Waals surface area (Å²) in [5.41, 5.74) is 1.82. The molecule has 208 valence electrons. The van der Waals surface area contributed by atoms with E-state index >= 15 is 0 Å². The Morgan fingerprint density at radius 1 is 0.558 bits per heavy atom. The highest BCUT2D eigenvalue weighted by Crippen LogP contribution is 2.43. The summed E-state index contributed by atoms with van der Waals surface area (Å²) in [6, 6.07) is 18.2. The summed E-state index contributed by atoms with van der Waals surface area (Å²) < 4.78 is 0. The van der Waals surface area contributed by atoms with Gasteiger partial charge in [0.2, 0.25) is 0 Å². The van der Waals surface area contributed by atoms with E-state index in [1.807, 2.05) is 13.8 Å². The molecular weight excluding hydrogens is 544 g/mol. The lowest BCUT2D eigenvalue weighted by Crippen LogP contribution is -2.31. The number of aromatic hydroxyl groups is 2. The van der Waals surface area contributed by atoms with Crippen LogP contribution in [0.15, 0.2) is 72.8 Å². The molecule has 0 fully saturated rings. The Bertz CT molecular complexity index is 1900. The monoisotopic (exact) mass is 566 g/mol. The molecular formula is C35H22N2O6. The molecule has 8 nitrogen and oxygen atoms in total. The molecule has 4 aromatic carbocycles. The van der Waals surface area contributed by atoms with Gasteiger partial charge in [-0.05, 0) is 71.8 Å². The number of fused-ring (bicyclic) bond motifs is 2. The van der Waals surface area contributed by atoms with Gasteiger partial charge in [-0.2, -0.15) is 0 Å². The van der Waals surface area contributed by atoms with Crippen LogP contribution in [-0.4, -0.2) is 33.8 Å². The number of anilines is 2. The van der Waals surface area contributed by atoms with Crippen molar-refractivity contribution in [3.8, 4) is 36.2 Å². The van der Waals surface area contributed by atoms with Gasteiger partial charge in [0.1, 0.15) is 11.5 Å². The van der Waals surface area contributed by atoms with Gasteiger partial charge in [-0.25, -0.2) is 9.80 Å². The number of phenols is 2. The lowest BCUT2D eigenvalue weighted by Gasteiger charge is -2.29. The van der Waals surface area contributed by atoms with Crippen LogP contribution >= 0.6 is 0 Å². The molecule has 6 rings (SSSR count). The normalized spacial score (nSPS) is 14.0. The van der Waals surface area contributed by atoms with Crippen LogP contribution in [-0.2, 0) is 5.41 Å². The van der Waals surface area contributed by atoms with Gasteiger partial charge in [0.25, 0.3) is 23.6 Å². The minimum absolute atomic E-state index is 0.0114. The van der Waals surface area contributed by atoms with Gasteiger partial charge in [-0.3, -0.25) is 19.2 Å². The predicted molar refractivity (Wildman–Crippen MR) is 159 cm³/mol. The van der Waals surface area contributed by atoms with Crippen molar-refractivity contribution in [2.75, 3.05) is 9.80 Å². The number of rotatable bonds is 4. The Kier molecular flexibility index (Phi) is 5.96. The number of nitrogens with zero attached hydrogens (tertiary/aromatic N) is 2. The Labute approximate surface area is 246 Å². The highest BCUT2D eigenvalue weighted by molar-refractivity contribution is 6.35. The lowest BCUT2D eigenvalue weighted by atomic mass is 9.77. The summed E-state index contributed by atoms with van der Waals surface area (Å²) in [6.45, 7) is 3.70. The third-order valence-electron chi connectivity index (χ3n) is 7.98. The summed E-state index contributed by atoms with van der Waals surface area (Å²) in [7, 11) is 0. The fraction of sp³-hybridized carbons (Fsp3) is 0.0857. The first-order valence-electron chi connectivity index (χ1n) is 13.1. The number of amides is 4. The lowest BCUT2D eigenvalue weighted by molar-refractivity contribution is 0.0909. The van der Waals surface area contributed by atoms with Crippen LogP contribution in [0.1, 0.15) is 77.5 Å². The molecule has 0 saturated heterocycles. The van der Waals surface area contributed by atoms with E-state index in [0.717, 1.165) is 9.80 Å². The average molecular weight is 567 g/mol. The van der Waals surface area contributed by atoms with E-state index in [1.54, 1.807) is 24.3 Å². The molecule has 8 heteroatoms. The largest absolute Gasteiger partial charge is 0.506 e. The van der Waals surface area contributed by atoms with Crippen molar-refractivity contribution in [2.45, 2.75) is 19.3 Å². The molecule has 2 heterocycles. The van der Waals surface area contributed by atoms with E-state index in [4.69, 9.17) is 12.8 Å². The minimum Gasteiger partial charge on any atom is -0.506 e. The van der Waals surface area contributed by atoms with Crippen molar-refractivity contribution in [2.24, 2.45) is 0 Å². The van der Waals surface area contributed by atoms with Crippen LogP contribution in [0.5, 0.6) is 11.5 Å². The molecule has 2 aliphatic heterocycles. The number of terminal acetylenes is 2. The Morgan fingerprint density at radius 3 is 1.30 bits per heavy atom. The van der Waals surface area contributed by atoms with Crippen LogP contribution in [0.25, 0.3) is 0 Å². The zero-order valence-electron chi connectivity index (χ0n) is 23.0. The third-order valence-corrected chi connectivity index (χ3v) is 7.98. The maximum absolute atomic E-state index is 13.3. The molecule has 43 heavy (non-hydrogen) atoms. The first-order valence-corrected chi connectivity index (χ1v) is 13.1. The molecule has 4 aromatic rings. The van der Waals surface area contributed by atoms with Crippen LogP contribution in [0.2, 0.25) is 0 Å². The number of hydrogen-bond donors (Lipinski definition) is 2. The van der Waals surface area contributed by atoms with Crippen LogP contribution < -0.4 is 9.80 Å². The average Bonchev–Trinajstić information content (AvgIpc) is 3.40. The SMILES string of the molecule is C#Cc1ccc2c(c1)C(=O)N(c1cc(C(C)(C)c3ccc(O)c(N4C(=O)c5ccc(C#C)cc5C4=O)c3)ccc1O)C2=O. The summed E-state index contributed by atoms with van der Waals surface area (Å²) >= 11 is 0. The number of imide groups is 2.